The number of hydrogen-bond donors (Lipinski definition) is 1. The monoisotopic (exact) mass is 407 g/mol. The lowest BCUT2D eigenvalue weighted by Crippen LogP contribution is -2.24. The third-order valence-electron chi connectivity index (χ3n) is 3.99. The summed E-state index contributed by atoms with van der Waals surface area (Å²) in [5, 5.41) is 2.75. The maximum Gasteiger partial charge on any atom is 0.254 e. The normalized spacial score (nSPS) is 15.4. The standard InChI is InChI=1S/C19H19BrFNO3/c1-3-24-17-7-12-6-11(2)25-18(12)8-13(17)10-22-19(23)15-5-4-14(20)9-16(15)21/h4-5,7-9,11H,3,6,10H2,1-2H3,(H,22,23). The van der Waals surface area contributed by atoms with Crippen LogP contribution < -0.4 is 14.8 Å². The summed E-state index contributed by atoms with van der Waals surface area (Å²) in [5.41, 5.74) is 1.91. The minimum Gasteiger partial charge on any atom is -0.494 e. The number of amides is 1. The molecule has 0 aromatic heterocycles. The fraction of sp³-hybridized carbons (Fsp3) is 0.316. The van der Waals surface area contributed by atoms with Gasteiger partial charge in [-0.25, -0.2) is 4.39 Å². The Hall–Kier alpha value is -2.08. The summed E-state index contributed by atoms with van der Waals surface area (Å²) in [5.74, 6) is 0.496. The Bertz CT molecular complexity index is 809. The summed E-state index contributed by atoms with van der Waals surface area (Å²) in [4.78, 5) is 12.3. The first-order valence-corrected chi connectivity index (χ1v) is 8.95. The molecular formula is C19H19BrFNO3. The molecule has 1 heterocycles. The molecule has 6 heteroatoms. The SMILES string of the molecule is CCOc1cc2c(cc1CNC(=O)c1ccc(Br)cc1F)OC(C)C2. The van der Waals surface area contributed by atoms with E-state index in [0.29, 0.717) is 11.1 Å². The van der Waals surface area contributed by atoms with Crippen molar-refractivity contribution in [3.8, 4) is 11.5 Å². The molecule has 0 aliphatic carbocycles. The average Bonchev–Trinajstić information content (AvgIpc) is 2.91. The van der Waals surface area contributed by atoms with E-state index >= 15 is 0 Å². The van der Waals surface area contributed by atoms with Crippen molar-refractivity contribution in [2.24, 2.45) is 0 Å². The Balaban J connectivity index is 1.78. The zero-order valence-corrected chi connectivity index (χ0v) is 15.7. The fourth-order valence-electron chi connectivity index (χ4n) is 2.85. The zero-order valence-electron chi connectivity index (χ0n) is 14.1. The number of carbonyl (C=O) groups excluding carboxylic acids is 1. The summed E-state index contributed by atoms with van der Waals surface area (Å²) in [6, 6.07) is 8.21. The summed E-state index contributed by atoms with van der Waals surface area (Å²) in [6.45, 7) is 4.68. The van der Waals surface area contributed by atoms with E-state index in [0.717, 1.165) is 29.0 Å². The second-order valence-electron chi connectivity index (χ2n) is 5.94. The molecule has 1 unspecified atom stereocenters. The van der Waals surface area contributed by atoms with Gasteiger partial charge in [0.15, 0.2) is 0 Å². The molecule has 0 saturated heterocycles. The van der Waals surface area contributed by atoms with Gasteiger partial charge in [-0.15, -0.1) is 0 Å². The number of halogens is 2. The molecule has 4 nitrogen and oxygen atoms in total. The molecule has 25 heavy (non-hydrogen) atoms. The summed E-state index contributed by atoms with van der Waals surface area (Å²) < 4.78 is 26.0. The molecule has 1 atom stereocenters. The van der Waals surface area contributed by atoms with Crippen molar-refractivity contribution < 1.29 is 18.7 Å². The largest absolute Gasteiger partial charge is 0.494 e. The smallest absolute Gasteiger partial charge is 0.254 e. The van der Waals surface area contributed by atoms with E-state index in [1.54, 1.807) is 6.07 Å². The second kappa shape index (κ2) is 7.44. The van der Waals surface area contributed by atoms with Crippen molar-refractivity contribution in [3.05, 3.63) is 57.3 Å². The van der Waals surface area contributed by atoms with Gasteiger partial charge in [0.05, 0.1) is 12.2 Å². The Morgan fingerprint density at radius 1 is 1.40 bits per heavy atom. The minimum absolute atomic E-state index is 0.00666. The van der Waals surface area contributed by atoms with E-state index in [1.165, 1.54) is 12.1 Å². The minimum atomic E-state index is -0.567. The first-order chi connectivity index (χ1) is 12.0. The Morgan fingerprint density at radius 3 is 2.92 bits per heavy atom. The lowest BCUT2D eigenvalue weighted by Gasteiger charge is -2.13. The quantitative estimate of drug-likeness (QED) is 0.805. The molecule has 132 valence electrons. The van der Waals surface area contributed by atoms with Crippen LogP contribution in [0.1, 0.15) is 35.3 Å². The molecule has 0 spiro atoms. The highest BCUT2D eigenvalue weighted by Crippen LogP contribution is 2.35. The third kappa shape index (κ3) is 3.95. The molecule has 0 bridgehead atoms. The van der Waals surface area contributed by atoms with Crippen LogP contribution in [0.25, 0.3) is 0 Å². The van der Waals surface area contributed by atoms with Crippen molar-refractivity contribution in [1.29, 1.82) is 0 Å². The van der Waals surface area contributed by atoms with Crippen molar-refractivity contribution in [2.45, 2.75) is 32.9 Å². The molecule has 2 aromatic rings. The Morgan fingerprint density at radius 2 is 2.20 bits per heavy atom. The van der Waals surface area contributed by atoms with Gasteiger partial charge < -0.3 is 14.8 Å². The third-order valence-corrected chi connectivity index (χ3v) is 4.49. The molecular weight excluding hydrogens is 389 g/mol. The highest BCUT2D eigenvalue weighted by molar-refractivity contribution is 9.10. The van der Waals surface area contributed by atoms with Gasteiger partial charge in [-0.1, -0.05) is 15.9 Å². The van der Waals surface area contributed by atoms with E-state index in [9.17, 15) is 9.18 Å². The highest BCUT2D eigenvalue weighted by Gasteiger charge is 2.22. The summed E-state index contributed by atoms with van der Waals surface area (Å²) in [6.07, 6.45) is 0.970. The van der Waals surface area contributed by atoms with Crippen molar-refractivity contribution >= 4 is 21.8 Å². The number of carbonyl (C=O) groups is 1. The van der Waals surface area contributed by atoms with Gasteiger partial charge in [-0.2, -0.15) is 0 Å². The maximum atomic E-state index is 13.9. The lowest BCUT2D eigenvalue weighted by molar-refractivity contribution is 0.0946. The number of nitrogens with one attached hydrogen (secondary N) is 1. The van der Waals surface area contributed by atoms with E-state index < -0.39 is 11.7 Å². The van der Waals surface area contributed by atoms with E-state index in [2.05, 4.69) is 21.2 Å². The van der Waals surface area contributed by atoms with Gasteiger partial charge in [0.25, 0.3) is 5.91 Å². The summed E-state index contributed by atoms with van der Waals surface area (Å²) in [7, 11) is 0. The summed E-state index contributed by atoms with van der Waals surface area (Å²) >= 11 is 3.18. The first-order valence-electron chi connectivity index (χ1n) is 8.16. The van der Waals surface area contributed by atoms with Gasteiger partial charge in [-0.3, -0.25) is 4.79 Å². The molecule has 0 radical (unpaired) electrons. The number of rotatable bonds is 5. The lowest BCUT2D eigenvalue weighted by atomic mass is 10.1. The van der Waals surface area contributed by atoms with E-state index in [1.807, 2.05) is 26.0 Å². The van der Waals surface area contributed by atoms with Crippen LogP contribution in [-0.2, 0) is 13.0 Å². The van der Waals surface area contributed by atoms with Gasteiger partial charge >= 0.3 is 0 Å². The van der Waals surface area contributed by atoms with Crippen LogP contribution in [0.3, 0.4) is 0 Å². The number of ether oxygens (including phenoxy) is 2. The molecule has 2 aromatic carbocycles. The number of hydrogen-bond acceptors (Lipinski definition) is 3. The number of fused-ring (bicyclic) bond motifs is 1. The fourth-order valence-corrected chi connectivity index (χ4v) is 3.19. The molecule has 1 N–H and O–H groups in total. The number of benzene rings is 2. The maximum absolute atomic E-state index is 13.9. The van der Waals surface area contributed by atoms with Gasteiger partial charge in [0, 0.05) is 28.6 Å². The van der Waals surface area contributed by atoms with Crippen LogP contribution in [0.2, 0.25) is 0 Å². The molecule has 0 saturated carbocycles. The molecule has 0 fully saturated rings. The van der Waals surface area contributed by atoms with Crippen molar-refractivity contribution in [3.63, 3.8) is 0 Å². The van der Waals surface area contributed by atoms with Crippen LogP contribution in [0.15, 0.2) is 34.8 Å². The predicted molar refractivity (Wildman–Crippen MR) is 96.7 cm³/mol. The van der Waals surface area contributed by atoms with Crippen molar-refractivity contribution in [2.75, 3.05) is 6.61 Å². The van der Waals surface area contributed by atoms with Gasteiger partial charge in [-0.05, 0) is 44.2 Å². The zero-order chi connectivity index (χ0) is 18.0. The molecule has 3 rings (SSSR count). The topological polar surface area (TPSA) is 47.6 Å². The molecule has 1 aliphatic heterocycles. The first kappa shape index (κ1) is 17.7. The van der Waals surface area contributed by atoms with E-state index in [-0.39, 0.29) is 18.2 Å². The van der Waals surface area contributed by atoms with Crippen molar-refractivity contribution in [1.82, 2.24) is 5.32 Å². The average molecular weight is 408 g/mol. The van der Waals surface area contributed by atoms with Crippen LogP contribution >= 0.6 is 15.9 Å². The molecule has 1 aliphatic rings. The highest BCUT2D eigenvalue weighted by atomic mass is 79.9. The van der Waals surface area contributed by atoms with Crippen LogP contribution in [0, 0.1) is 5.82 Å². The van der Waals surface area contributed by atoms with E-state index in [4.69, 9.17) is 9.47 Å². The van der Waals surface area contributed by atoms with Crippen LogP contribution in [0.4, 0.5) is 4.39 Å². The second-order valence-corrected chi connectivity index (χ2v) is 6.86. The van der Waals surface area contributed by atoms with Crippen LogP contribution in [0.5, 0.6) is 11.5 Å². The van der Waals surface area contributed by atoms with Gasteiger partial charge in [0.2, 0.25) is 0 Å². The van der Waals surface area contributed by atoms with Gasteiger partial charge in [0.1, 0.15) is 23.4 Å². The Labute approximate surface area is 154 Å². The predicted octanol–water partition coefficient (Wildman–Crippen LogP) is 4.24. The van der Waals surface area contributed by atoms with Crippen LogP contribution in [-0.4, -0.2) is 18.6 Å². The molecule has 1 amide bonds. The Kier molecular flexibility index (Phi) is 5.27.